The molecule has 0 aliphatic heterocycles. The van der Waals surface area contributed by atoms with Crippen molar-refractivity contribution in [3.05, 3.63) is 22.8 Å². The normalized spacial score (nSPS) is 12.0. The van der Waals surface area contributed by atoms with Crippen molar-refractivity contribution in [2.75, 3.05) is 25.6 Å². The van der Waals surface area contributed by atoms with Crippen LogP contribution in [0.5, 0.6) is 0 Å². The third kappa shape index (κ3) is 3.91. The van der Waals surface area contributed by atoms with Crippen LogP contribution in [-0.4, -0.2) is 34.9 Å². The van der Waals surface area contributed by atoms with Crippen molar-refractivity contribution in [2.24, 2.45) is 5.41 Å². The first-order valence-corrected chi connectivity index (χ1v) is 7.04. The van der Waals surface area contributed by atoms with Gasteiger partial charge in [-0.25, -0.2) is 4.52 Å². The predicted octanol–water partition coefficient (Wildman–Crippen LogP) is 2.97. The molecule has 2 rings (SSSR count). The van der Waals surface area contributed by atoms with Gasteiger partial charge in [0, 0.05) is 30.9 Å². The molecule has 1 N–H and O–H groups in total. The van der Waals surface area contributed by atoms with E-state index in [4.69, 9.17) is 4.74 Å². The first-order valence-electron chi connectivity index (χ1n) is 6.25. The number of halogens is 1. The van der Waals surface area contributed by atoms with Gasteiger partial charge >= 0.3 is 0 Å². The van der Waals surface area contributed by atoms with E-state index in [-0.39, 0.29) is 5.41 Å². The first kappa shape index (κ1) is 14.3. The fraction of sp³-hybridized carbons (Fsp3) is 0.538. The van der Waals surface area contributed by atoms with E-state index in [0.29, 0.717) is 5.95 Å². The Bertz CT molecular complexity index is 553. The molecule has 2 aromatic heterocycles. The summed E-state index contributed by atoms with van der Waals surface area (Å²) in [7, 11) is 1.73. The highest BCUT2D eigenvalue weighted by Crippen LogP contribution is 2.20. The Kier molecular flexibility index (Phi) is 4.42. The largest absolute Gasteiger partial charge is 0.385 e. The lowest BCUT2D eigenvalue weighted by atomic mass is 9.90. The second kappa shape index (κ2) is 5.88. The summed E-state index contributed by atoms with van der Waals surface area (Å²) in [5.41, 5.74) is 0.981. The number of aromatic nitrogens is 3. The zero-order valence-electron chi connectivity index (χ0n) is 11.5. The van der Waals surface area contributed by atoms with E-state index in [2.05, 4.69) is 45.2 Å². The monoisotopic (exact) mass is 326 g/mol. The van der Waals surface area contributed by atoms with Crippen molar-refractivity contribution >= 4 is 27.5 Å². The Morgan fingerprint density at radius 2 is 2.21 bits per heavy atom. The van der Waals surface area contributed by atoms with Crippen molar-refractivity contribution in [3.63, 3.8) is 0 Å². The van der Waals surface area contributed by atoms with Crippen LogP contribution in [0.4, 0.5) is 5.95 Å². The van der Waals surface area contributed by atoms with Crippen molar-refractivity contribution in [2.45, 2.75) is 20.3 Å². The molecule has 0 bridgehead atoms. The maximum Gasteiger partial charge on any atom is 0.243 e. The molecule has 104 valence electrons. The number of methoxy groups -OCH3 is 1. The van der Waals surface area contributed by atoms with Crippen LogP contribution in [0.25, 0.3) is 5.65 Å². The van der Waals surface area contributed by atoms with Crippen LogP contribution < -0.4 is 5.32 Å². The fourth-order valence-electron chi connectivity index (χ4n) is 1.72. The Morgan fingerprint density at radius 1 is 1.42 bits per heavy atom. The highest BCUT2D eigenvalue weighted by atomic mass is 79.9. The highest BCUT2D eigenvalue weighted by molar-refractivity contribution is 9.10. The molecule has 0 aromatic carbocycles. The number of hydrogen-bond donors (Lipinski definition) is 1. The average molecular weight is 327 g/mol. The van der Waals surface area contributed by atoms with Gasteiger partial charge in [-0.2, -0.15) is 4.98 Å². The standard InChI is InChI=1S/C13H19BrN4O/c1-13(2,6-7-19-3)9-15-12-16-11-5-4-10(14)8-18(11)17-12/h4-5,8H,6-7,9H2,1-3H3,(H,15,17). The summed E-state index contributed by atoms with van der Waals surface area (Å²) in [6.45, 7) is 5.98. The van der Waals surface area contributed by atoms with Crippen LogP contribution >= 0.6 is 15.9 Å². The summed E-state index contributed by atoms with van der Waals surface area (Å²) < 4.78 is 7.86. The molecule has 19 heavy (non-hydrogen) atoms. The van der Waals surface area contributed by atoms with Gasteiger partial charge in [-0.05, 0) is 39.9 Å². The van der Waals surface area contributed by atoms with E-state index >= 15 is 0 Å². The van der Waals surface area contributed by atoms with Crippen LogP contribution in [0.1, 0.15) is 20.3 Å². The zero-order valence-corrected chi connectivity index (χ0v) is 13.1. The second-order valence-electron chi connectivity index (χ2n) is 5.35. The molecular formula is C13H19BrN4O. The van der Waals surface area contributed by atoms with Gasteiger partial charge in [-0.15, -0.1) is 5.10 Å². The van der Waals surface area contributed by atoms with Gasteiger partial charge < -0.3 is 10.1 Å². The van der Waals surface area contributed by atoms with Gasteiger partial charge in [0.15, 0.2) is 5.65 Å². The number of nitrogens with zero attached hydrogens (tertiary/aromatic N) is 3. The average Bonchev–Trinajstić information content (AvgIpc) is 2.76. The van der Waals surface area contributed by atoms with Gasteiger partial charge in [-0.3, -0.25) is 0 Å². The highest BCUT2D eigenvalue weighted by Gasteiger charge is 2.18. The molecule has 0 radical (unpaired) electrons. The number of anilines is 1. The topological polar surface area (TPSA) is 51.5 Å². The molecular weight excluding hydrogens is 308 g/mol. The molecule has 0 saturated heterocycles. The minimum Gasteiger partial charge on any atom is -0.385 e. The number of ether oxygens (including phenoxy) is 1. The van der Waals surface area contributed by atoms with Gasteiger partial charge in [-0.1, -0.05) is 13.8 Å². The molecule has 0 fully saturated rings. The third-order valence-corrected chi connectivity index (χ3v) is 3.47. The summed E-state index contributed by atoms with van der Waals surface area (Å²) in [4.78, 5) is 4.43. The second-order valence-corrected chi connectivity index (χ2v) is 6.26. The van der Waals surface area contributed by atoms with E-state index < -0.39 is 0 Å². The Hall–Kier alpha value is -1.14. The molecule has 0 aliphatic rings. The van der Waals surface area contributed by atoms with E-state index in [1.54, 1.807) is 11.6 Å². The van der Waals surface area contributed by atoms with Crippen LogP contribution in [-0.2, 0) is 4.74 Å². The molecule has 0 unspecified atom stereocenters. The van der Waals surface area contributed by atoms with E-state index in [1.807, 2.05) is 18.3 Å². The molecule has 5 nitrogen and oxygen atoms in total. The van der Waals surface area contributed by atoms with Crippen LogP contribution in [0.3, 0.4) is 0 Å². The van der Waals surface area contributed by atoms with Gasteiger partial charge in [0.1, 0.15) is 0 Å². The van der Waals surface area contributed by atoms with E-state index in [1.165, 1.54) is 0 Å². The predicted molar refractivity (Wildman–Crippen MR) is 79.5 cm³/mol. The molecule has 0 saturated carbocycles. The molecule has 0 amide bonds. The van der Waals surface area contributed by atoms with E-state index in [9.17, 15) is 0 Å². The lowest BCUT2D eigenvalue weighted by molar-refractivity contribution is 0.157. The summed E-state index contributed by atoms with van der Waals surface area (Å²) in [6.07, 6.45) is 2.89. The van der Waals surface area contributed by atoms with Crippen molar-refractivity contribution in [1.82, 2.24) is 14.6 Å². The summed E-state index contributed by atoms with van der Waals surface area (Å²) >= 11 is 3.42. The van der Waals surface area contributed by atoms with Crippen LogP contribution in [0.15, 0.2) is 22.8 Å². The lowest BCUT2D eigenvalue weighted by Gasteiger charge is -2.23. The zero-order chi connectivity index (χ0) is 13.9. The number of hydrogen-bond acceptors (Lipinski definition) is 4. The maximum atomic E-state index is 5.12. The third-order valence-electron chi connectivity index (χ3n) is 3.00. The molecule has 0 atom stereocenters. The Labute approximate surface area is 121 Å². The molecule has 0 spiro atoms. The number of pyridine rings is 1. The summed E-state index contributed by atoms with van der Waals surface area (Å²) in [5, 5.41) is 7.68. The molecule has 0 aliphatic carbocycles. The quantitative estimate of drug-likeness (QED) is 0.886. The van der Waals surface area contributed by atoms with Gasteiger partial charge in [0.2, 0.25) is 5.95 Å². The minimum atomic E-state index is 0.147. The minimum absolute atomic E-state index is 0.147. The van der Waals surface area contributed by atoms with Crippen molar-refractivity contribution in [3.8, 4) is 0 Å². The first-order chi connectivity index (χ1) is 9.00. The number of rotatable bonds is 6. The van der Waals surface area contributed by atoms with E-state index in [0.717, 1.165) is 29.7 Å². The van der Waals surface area contributed by atoms with Crippen LogP contribution in [0.2, 0.25) is 0 Å². The van der Waals surface area contributed by atoms with Gasteiger partial charge in [0.25, 0.3) is 0 Å². The summed E-state index contributed by atoms with van der Waals surface area (Å²) in [5.74, 6) is 0.656. The molecule has 2 aromatic rings. The van der Waals surface area contributed by atoms with Crippen molar-refractivity contribution < 1.29 is 4.74 Å². The fourth-order valence-corrected chi connectivity index (χ4v) is 2.04. The Balaban J connectivity index is 2.01. The lowest BCUT2D eigenvalue weighted by Crippen LogP contribution is -2.25. The summed E-state index contributed by atoms with van der Waals surface area (Å²) in [6, 6.07) is 3.88. The molecule has 2 heterocycles. The number of fused-ring (bicyclic) bond motifs is 1. The molecule has 6 heteroatoms. The maximum absolute atomic E-state index is 5.12. The van der Waals surface area contributed by atoms with Crippen molar-refractivity contribution in [1.29, 1.82) is 0 Å². The Morgan fingerprint density at radius 3 is 2.95 bits per heavy atom. The van der Waals surface area contributed by atoms with Gasteiger partial charge in [0.05, 0.1) is 0 Å². The number of nitrogens with one attached hydrogen (secondary N) is 1. The SMILES string of the molecule is COCCC(C)(C)CNc1nc2ccc(Br)cn2n1. The van der Waals surface area contributed by atoms with Crippen LogP contribution in [0, 0.1) is 5.41 Å². The smallest absolute Gasteiger partial charge is 0.243 e.